The van der Waals surface area contributed by atoms with Crippen molar-refractivity contribution in [3.05, 3.63) is 46.3 Å². The first-order chi connectivity index (χ1) is 14.1. The summed E-state index contributed by atoms with van der Waals surface area (Å²) in [5.74, 6) is -0.132. The number of H-pyrrole nitrogens is 1. The van der Waals surface area contributed by atoms with Gasteiger partial charge in [0.25, 0.3) is 0 Å². The van der Waals surface area contributed by atoms with E-state index in [9.17, 15) is 9.59 Å². The third kappa shape index (κ3) is 3.13. The number of anilines is 1. The first kappa shape index (κ1) is 18.0. The standard InChI is InChI=1S/C20H19N5O3S/c1-11-5-6-14(29-11)18-16-17(22-23-18)12-3-2-4-13(15(12)19(16)26)21-20(27)24-25-7-9-28-10-8-25/h2-6H,7-10H2,1H3,(H,22,23)(H2,21,24,27). The number of benzene rings is 1. The van der Waals surface area contributed by atoms with Gasteiger partial charge in [0.1, 0.15) is 5.69 Å². The van der Waals surface area contributed by atoms with Crippen LogP contribution in [-0.4, -0.2) is 53.3 Å². The Kier molecular flexibility index (Phi) is 4.42. The van der Waals surface area contributed by atoms with Crippen LogP contribution in [0, 0.1) is 6.92 Å². The quantitative estimate of drug-likeness (QED) is 0.483. The van der Waals surface area contributed by atoms with E-state index in [4.69, 9.17) is 4.74 Å². The van der Waals surface area contributed by atoms with Crippen molar-refractivity contribution in [2.45, 2.75) is 6.92 Å². The third-order valence-corrected chi connectivity index (χ3v) is 6.05. The predicted molar refractivity (Wildman–Crippen MR) is 110 cm³/mol. The second-order valence-electron chi connectivity index (χ2n) is 6.96. The minimum atomic E-state index is -0.379. The van der Waals surface area contributed by atoms with Crippen LogP contribution in [0.15, 0.2) is 30.3 Å². The van der Waals surface area contributed by atoms with Crippen molar-refractivity contribution >= 4 is 28.8 Å². The molecule has 2 aliphatic rings. The van der Waals surface area contributed by atoms with Crippen molar-refractivity contribution < 1.29 is 14.3 Å². The molecule has 8 nitrogen and oxygen atoms in total. The zero-order chi connectivity index (χ0) is 20.0. The molecule has 0 spiro atoms. The van der Waals surface area contributed by atoms with Gasteiger partial charge in [0.05, 0.1) is 40.6 Å². The largest absolute Gasteiger partial charge is 0.379 e. The summed E-state index contributed by atoms with van der Waals surface area (Å²) < 4.78 is 5.28. The van der Waals surface area contributed by atoms with Gasteiger partial charge in [-0.05, 0) is 25.1 Å². The molecular weight excluding hydrogens is 390 g/mol. The van der Waals surface area contributed by atoms with Crippen LogP contribution in [0.1, 0.15) is 20.8 Å². The summed E-state index contributed by atoms with van der Waals surface area (Å²) in [5.41, 5.74) is 6.44. The van der Waals surface area contributed by atoms with Crippen LogP contribution in [0.25, 0.3) is 21.8 Å². The van der Waals surface area contributed by atoms with Gasteiger partial charge in [0.2, 0.25) is 0 Å². The first-order valence-corrected chi connectivity index (χ1v) is 10.2. The number of aromatic amines is 1. The number of ether oxygens (including phenoxy) is 1. The minimum absolute atomic E-state index is 0.132. The lowest BCUT2D eigenvalue weighted by molar-refractivity contribution is 0.0207. The summed E-state index contributed by atoms with van der Waals surface area (Å²) in [4.78, 5) is 27.8. The number of hydrazine groups is 1. The number of fused-ring (bicyclic) bond motifs is 3. The van der Waals surface area contributed by atoms with Gasteiger partial charge in [-0.3, -0.25) is 15.3 Å². The Balaban J connectivity index is 1.44. The average molecular weight is 409 g/mol. The van der Waals surface area contributed by atoms with Gasteiger partial charge in [0.15, 0.2) is 5.78 Å². The Hall–Kier alpha value is -3.01. The summed E-state index contributed by atoms with van der Waals surface area (Å²) >= 11 is 1.60. The van der Waals surface area contributed by atoms with E-state index in [1.54, 1.807) is 22.4 Å². The van der Waals surface area contributed by atoms with Crippen LogP contribution in [-0.2, 0) is 4.74 Å². The van der Waals surface area contributed by atoms with Crippen LogP contribution in [0.2, 0.25) is 0 Å². The molecule has 2 aromatic heterocycles. The molecule has 0 bridgehead atoms. The smallest absolute Gasteiger partial charge is 0.333 e. The van der Waals surface area contributed by atoms with Crippen molar-refractivity contribution in [1.82, 2.24) is 20.6 Å². The van der Waals surface area contributed by atoms with Gasteiger partial charge in [-0.2, -0.15) is 5.10 Å². The molecule has 3 N–H and O–H groups in total. The molecule has 0 atom stereocenters. The van der Waals surface area contributed by atoms with Gasteiger partial charge in [-0.25, -0.2) is 9.80 Å². The van der Waals surface area contributed by atoms with Gasteiger partial charge in [0, 0.05) is 23.5 Å². The highest BCUT2D eigenvalue weighted by Crippen LogP contribution is 2.43. The predicted octanol–water partition coefficient (Wildman–Crippen LogP) is 3.03. The average Bonchev–Trinajstić information content (AvgIpc) is 3.40. The minimum Gasteiger partial charge on any atom is -0.379 e. The molecule has 0 radical (unpaired) electrons. The number of ketones is 1. The lowest BCUT2D eigenvalue weighted by atomic mass is 10.1. The van der Waals surface area contributed by atoms with Crippen LogP contribution >= 0.6 is 11.3 Å². The summed E-state index contributed by atoms with van der Waals surface area (Å²) in [7, 11) is 0. The molecule has 3 aromatic rings. The molecule has 9 heteroatoms. The molecule has 1 aliphatic carbocycles. The number of urea groups is 1. The lowest BCUT2D eigenvalue weighted by Gasteiger charge is -2.27. The van der Waals surface area contributed by atoms with Crippen LogP contribution in [0.3, 0.4) is 0 Å². The third-order valence-electron chi connectivity index (χ3n) is 5.05. The number of rotatable bonds is 3. The summed E-state index contributed by atoms with van der Waals surface area (Å²) in [6.45, 7) is 4.42. The number of nitrogens with zero attached hydrogens (tertiary/aromatic N) is 2. The number of aryl methyl sites for hydroxylation is 1. The second kappa shape index (κ2) is 7.11. The Labute approximate surface area is 170 Å². The van der Waals surface area contributed by atoms with Crippen molar-refractivity contribution in [2.75, 3.05) is 31.6 Å². The molecule has 0 unspecified atom stereocenters. The summed E-state index contributed by atoms with van der Waals surface area (Å²) in [6.07, 6.45) is 0. The number of thiophene rings is 1. The van der Waals surface area contributed by atoms with Crippen LogP contribution < -0.4 is 10.7 Å². The number of carbonyl (C=O) groups is 2. The summed E-state index contributed by atoms with van der Waals surface area (Å²) in [5, 5.41) is 12.0. The lowest BCUT2D eigenvalue weighted by Crippen LogP contribution is -2.49. The molecule has 1 fully saturated rings. The molecule has 1 aromatic carbocycles. The van der Waals surface area contributed by atoms with Gasteiger partial charge >= 0.3 is 6.03 Å². The highest BCUT2D eigenvalue weighted by molar-refractivity contribution is 7.15. The molecular formula is C20H19N5O3S. The topological polar surface area (TPSA) is 99.3 Å². The van der Waals surface area contributed by atoms with E-state index in [0.717, 1.165) is 15.3 Å². The fourth-order valence-corrected chi connectivity index (χ4v) is 4.56. The fraction of sp³-hybridized carbons (Fsp3) is 0.250. The number of carbonyl (C=O) groups excluding carboxylic acids is 2. The van der Waals surface area contributed by atoms with E-state index in [1.165, 1.54) is 0 Å². The van der Waals surface area contributed by atoms with E-state index >= 15 is 0 Å². The first-order valence-electron chi connectivity index (χ1n) is 9.35. The maximum Gasteiger partial charge on any atom is 0.333 e. The van der Waals surface area contributed by atoms with E-state index in [2.05, 4.69) is 20.9 Å². The Morgan fingerprint density at radius 2 is 2.03 bits per heavy atom. The molecule has 0 saturated carbocycles. The van der Waals surface area contributed by atoms with Crippen LogP contribution in [0.4, 0.5) is 10.5 Å². The fourth-order valence-electron chi connectivity index (χ4n) is 3.70. The van der Waals surface area contributed by atoms with Crippen molar-refractivity contribution in [3.8, 4) is 21.8 Å². The highest BCUT2D eigenvalue weighted by Gasteiger charge is 2.35. The zero-order valence-corrected chi connectivity index (χ0v) is 16.6. The van der Waals surface area contributed by atoms with Crippen molar-refractivity contribution in [2.24, 2.45) is 0 Å². The van der Waals surface area contributed by atoms with Gasteiger partial charge < -0.3 is 10.1 Å². The molecule has 2 amide bonds. The van der Waals surface area contributed by atoms with Crippen molar-refractivity contribution in [3.63, 3.8) is 0 Å². The molecule has 3 heterocycles. The van der Waals surface area contributed by atoms with E-state index in [1.807, 2.05) is 31.2 Å². The maximum absolute atomic E-state index is 13.3. The Bertz CT molecular complexity index is 1110. The number of hydrogen-bond acceptors (Lipinski definition) is 6. The SMILES string of the molecule is Cc1ccc(-c2n[nH]c3c2C(=O)c2c(NC(=O)NN4CCOCC4)cccc2-3)s1. The van der Waals surface area contributed by atoms with Gasteiger partial charge in [-0.1, -0.05) is 12.1 Å². The normalized spacial score (nSPS) is 15.8. The monoisotopic (exact) mass is 409 g/mol. The summed E-state index contributed by atoms with van der Waals surface area (Å²) in [6, 6.07) is 9.03. The maximum atomic E-state index is 13.3. The zero-order valence-electron chi connectivity index (χ0n) is 15.7. The molecule has 1 saturated heterocycles. The van der Waals surface area contributed by atoms with E-state index in [-0.39, 0.29) is 11.8 Å². The number of hydrogen-bond donors (Lipinski definition) is 3. The van der Waals surface area contributed by atoms with E-state index in [0.29, 0.717) is 54.5 Å². The number of morpholine rings is 1. The Morgan fingerprint density at radius 3 is 2.79 bits per heavy atom. The van der Waals surface area contributed by atoms with E-state index < -0.39 is 0 Å². The number of aromatic nitrogens is 2. The number of amides is 2. The second-order valence-corrected chi connectivity index (χ2v) is 8.24. The van der Waals surface area contributed by atoms with Crippen LogP contribution in [0.5, 0.6) is 0 Å². The number of nitrogens with one attached hydrogen (secondary N) is 3. The molecule has 29 heavy (non-hydrogen) atoms. The molecule has 1 aliphatic heterocycles. The Morgan fingerprint density at radius 1 is 1.21 bits per heavy atom. The van der Waals surface area contributed by atoms with Crippen molar-refractivity contribution in [1.29, 1.82) is 0 Å². The molecule has 148 valence electrons. The van der Waals surface area contributed by atoms with Gasteiger partial charge in [-0.15, -0.1) is 11.3 Å². The highest BCUT2D eigenvalue weighted by atomic mass is 32.1. The molecule has 5 rings (SSSR count).